The summed E-state index contributed by atoms with van der Waals surface area (Å²) in [6.07, 6.45) is 0. The molecule has 0 heterocycles. The molecule has 0 saturated carbocycles. The number of carbonyl (C=O) groups is 1. The Morgan fingerprint density at radius 1 is 1.22 bits per heavy atom. The van der Waals surface area contributed by atoms with E-state index in [9.17, 15) is 13.6 Å². The Morgan fingerprint density at radius 2 is 1.91 bits per heavy atom. The van der Waals surface area contributed by atoms with Crippen LogP contribution in [0.5, 0.6) is 0 Å². The zero-order valence-corrected chi connectivity index (χ0v) is 12.7. The Labute approximate surface area is 132 Å². The second-order valence-corrected chi connectivity index (χ2v) is 5.63. The first kappa shape index (κ1) is 16.4. The molecule has 0 atom stereocenters. The van der Waals surface area contributed by atoms with Crippen molar-refractivity contribution in [3.05, 3.63) is 59.2 Å². The zero-order valence-electron chi connectivity index (χ0n) is 12.7. The Hall–Kier alpha value is -2.94. The van der Waals surface area contributed by atoms with Crippen LogP contribution >= 0.6 is 0 Å². The summed E-state index contributed by atoms with van der Waals surface area (Å²) in [6.45, 7) is 3.45. The van der Waals surface area contributed by atoms with Gasteiger partial charge in [-0.2, -0.15) is 5.26 Å². The summed E-state index contributed by atoms with van der Waals surface area (Å²) in [5.41, 5.74) is 5.06. The number of nitrogens with two attached hydrogens (primary N) is 1. The Morgan fingerprint density at radius 3 is 2.57 bits per heavy atom. The number of amides is 1. The van der Waals surface area contributed by atoms with Crippen LogP contribution in [0.4, 0.5) is 20.2 Å². The van der Waals surface area contributed by atoms with E-state index in [-0.39, 0.29) is 16.9 Å². The van der Waals surface area contributed by atoms with Crippen molar-refractivity contribution >= 4 is 17.3 Å². The highest BCUT2D eigenvalue weighted by Crippen LogP contribution is 2.24. The number of nitrogen functional groups attached to an aromatic ring is 1. The van der Waals surface area contributed by atoms with Gasteiger partial charge in [0.25, 0.3) is 5.91 Å². The topological polar surface area (TPSA) is 78.9 Å². The molecule has 0 unspecified atom stereocenters. The van der Waals surface area contributed by atoms with Crippen molar-refractivity contribution in [1.29, 1.82) is 5.26 Å². The molecule has 0 fully saturated rings. The molecule has 0 bridgehead atoms. The van der Waals surface area contributed by atoms with Crippen molar-refractivity contribution in [3.63, 3.8) is 0 Å². The van der Waals surface area contributed by atoms with E-state index in [1.807, 2.05) is 0 Å². The lowest BCUT2D eigenvalue weighted by Crippen LogP contribution is -2.17. The van der Waals surface area contributed by atoms with Crippen LogP contribution in [0, 0.1) is 23.0 Å². The lowest BCUT2D eigenvalue weighted by molar-refractivity contribution is 0.102. The molecule has 3 N–H and O–H groups in total. The molecule has 0 aromatic heterocycles. The van der Waals surface area contributed by atoms with Crippen LogP contribution in [-0.2, 0) is 5.41 Å². The van der Waals surface area contributed by atoms with Gasteiger partial charge in [-0.05, 0) is 37.6 Å². The first-order chi connectivity index (χ1) is 10.7. The number of benzene rings is 2. The van der Waals surface area contributed by atoms with E-state index in [1.54, 1.807) is 32.0 Å². The number of anilines is 2. The number of hydrogen-bond donors (Lipinski definition) is 2. The summed E-state index contributed by atoms with van der Waals surface area (Å²) in [5.74, 6) is -2.39. The Kier molecular flexibility index (Phi) is 4.32. The average molecular weight is 315 g/mol. The number of halogens is 2. The molecule has 118 valence electrons. The van der Waals surface area contributed by atoms with E-state index in [0.717, 1.165) is 6.07 Å². The molecule has 0 aliphatic rings. The third-order valence-corrected chi connectivity index (χ3v) is 3.46. The lowest BCUT2D eigenvalue weighted by Gasteiger charge is -2.16. The van der Waals surface area contributed by atoms with Gasteiger partial charge in [0, 0.05) is 11.6 Å². The highest BCUT2D eigenvalue weighted by Gasteiger charge is 2.21. The molecule has 0 spiro atoms. The van der Waals surface area contributed by atoms with Crippen molar-refractivity contribution in [2.75, 3.05) is 11.1 Å². The molecule has 2 aromatic carbocycles. The molecule has 23 heavy (non-hydrogen) atoms. The van der Waals surface area contributed by atoms with Crippen LogP contribution in [0.1, 0.15) is 29.8 Å². The number of nitriles is 1. The summed E-state index contributed by atoms with van der Waals surface area (Å²) >= 11 is 0. The summed E-state index contributed by atoms with van der Waals surface area (Å²) < 4.78 is 26.8. The second kappa shape index (κ2) is 6.05. The number of rotatable bonds is 3. The van der Waals surface area contributed by atoms with Gasteiger partial charge in [-0.25, -0.2) is 8.78 Å². The predicted octanol–water partition coefficient (Wildman–Crippen LogP) is 3.60. The van der Waals surface area contributed by atoms with Crippen LogP contribution < -0.4 is 11.1 Å². The fourth-order valence-corrected chi connectivity index (χ4v) is 1.97. The van der Waals surface area contributed by atoms with Crippen molar-refractivity contribution in [2.24, 2.45) is 0 Å². The first-order valence-corrected chi connectivity index (χ1v) is 6.82. The minimum atomic E-state index is -0.918. The van der Waals surface area contributed by atoms with Crippen LogP contribution in [0.15, 0.2) is 36.4 Å². The van der Waals surface area contributed by atoms with Gasteiger partial charge in [0.05, 0.1) is 22.9 Å². The van der Waals surface area contributed by atoms with Gasteiger partial charge in [0.15, 0.2) is 0 Å². The molecule has 0 aliphatic heterocycles. The largest absolute Gasteiger partial charge is 0.396 e. The quantitative estimate of drug-likeness (QED) is 0.849. The summed E-state index contributed by atoms with van der Waals surface area (Å²) in [7, 11) is 0. The van der Waals surface area contributed by atoms with Crippen molar-refractivity contribution in [3.8, 4) is 6.07 Å². The van der Waals surface area contributed by atoms with Crippen molar-refractivity contribution in [2.45, 2.75) is 19.3 Å². The van der Waals surface area contributed by atoms with E-state index in [1.165, 1.54) is 6.07 Å². The van der Waals surface area contributed by atoms with Crippen LogP contribution in [0.2, 0.25) is 0 Å². The van der Waals surface area contributed by atoms with Gasteiger partial charge in [-0.15, -0.1) is 0 Å². The molecular weight excluding hydrogens is 300 g/mol. The van der Waals surface area contributed by atoms with E-state index in [2.05, 4.69) is 11.4 Å². The third kappa shape index (κ3) is 3.46. The zero-order chi connectivity index (χ0) is 17.2. The second-order valence-electron chi connectivity index (χ2n) is 5.63. The molecule has 0 saturated heterocycles. The number of hydrogen-bond acceptors (Lipinski definition) is 3. The highest BCUT2D eigenvalue weighted by atomic mass is 19.1. The maximum absolute atomic E-state index is 13.7. The van der Waals surface area contributed by atoms with E-state index < -0.39 is 23.0 Å². The molecule has 0 radical (unpaired) electrons. The van der Waals surface area contributed by atoms with Crippen molar-refractivity contribution in [1.82, 2.24) is 0 Å². The van der Waals surface area contributed by atoms with E-state index in [4.69, 9.17) is 11.0 Å². The molecule has 2 rings (SSSR count). The van der Waals surface area contributed by atoms with Gasteiger partial charge in [-0.3, -0.25) is 4.79 Å². The number of nitrogens with zero attached hydrogens (tertiary/aromatic N) is 1. The smallest absolute Gasteiger partial charge is 0.255 e. The van der Waals surface area contributed by atoms with Gasteiger partial charge >= 0.3 is 0 Å². The number of nitrogens with one attached hydrogen (secondary N) is 1. The van der Waals surface area contributed by atoms with Crippen LogP contribution in [-0.4, -0.2) is 5.91 Å². The molecular formula is C17H15F2N3O. The Bertz CT molecular complexity index is 810. The minimum absolute atomic E-state index is 0.209. The van der Waals surface area contributed by atoms with E-state index in [0.29, 0.717) is 11.6 Å². The van der Waals surface area contributed by atoms with E-state index >= 15 is 0 Å². The fraction of sp³-hybridized carbons (Fsp3) is 0.176. The average Bonchev–Trinajstić information content (AvgIpc) is 2.52. The standard InChI is InChI=1S/C17H15F2N3O/c1-17(2,9-20)11-5-3-4-10(6-11)16(23)22-15-8-14(21)12(18)7-13(15)19/h3-8H,21H2,1-2H3,(H,22,23). The Balaban J connectivity index is 2.31. The summed E-state index contributed by atoms with van der Waals surface area (Å²) in [6, 6.07) is 10.2. The first-order valence-electron chi connectivity index (χ1n) is 6.82. The monoisotopic (exact) mass is 315 g/mol. The predicted molar refractivity (Wildman–Crippen MR) is 83.8 cm³/mol. The fourth-order valence-electron chi connectivity index (χ4n) is 1.97. The summed E-state index contributed by atoms with van der Waals surface area (Å²) in [5, 5.41) is 11.5. The number of carbonyl (C=O) groups excluding carboxylic acids is 1. The summed E-state index contributed by atoms with van der Waals surface area (Å²) in [4.78, 5) is 12.2. The molecule has 0 aliphatic carbocycles. The third-order valence-electron chi connectivity index (χ3n) is 3.46. The molecule has 2 aromatic rings. The normalized spacial score (nSPS) is 10.9. The SMILES string of the molecule is CC(C)(C#N)c1cccc(C(=O)Nc2cc(N)c(F)cc2F)c1. The minimum Gasteiger partial charge on any atom is -0.396 e. The maximum atomic E-state index is 13.7. The molecule has 6 heteroatoms. The van der Waals surface area contributed by atoms with Crippen LogP contribution in [0.25, 0.3) is 0 Å². The van der Waals surface area contributed by atoms with Gasteiger partial charge < -0.3 is 11.1 Å². The highest BCUT2D eigenvalue weighted by molar-refractivity contribution is 6.04. The molecule has 4 nitrogen and oxygen atoms in total. The van der Waals surface area contributed by atoms with Crippen molar-refractivity contribution < 1.29 is 13.6 Å². The van der Waals surface area contributed by atoms with Crippen LogP contribution in [0.3, 0.4) is 0 Å². The maximum Gasteiger partial charge on any atom is 0.255 e. The molecule has 1 amide bonds. The lowest BCUT2D eigenvalue weighted by atomic mass is 9.85. The van der Waals surface area contributed by atoms with Gasteiger partial charge in [0.2, 0.25) is 0 Å². The van der Waals surface area contributed by atoms with Gasteiger partial charge in [0.1, 0.15) is 11.6 Å². The van der Waals surface area contributed by atoms with Gasteiger partial charge in [-0.1, -0.05) is 12.1 Å².